The summed E-state index contributed by atoms with van der Waals surface area (Å²) in [5.41, 5.74) is 5.85. The fourth-order valence-corrected chi connectivity index (χ4v) is 4.09. The van der Waals surface area contributed by atoms with E-state index in [2.05, 4.69) is 0 Å². The van der Waals surface area contributed by atoms with Crippen molar-refractivity contribution in [2.75, 3.05) is 24.7 Å². The molecule has 1 aliphatic heterocycles. The van der Waals surface area contributed by atoms with Crippen LogP contribution in [0.15, 0.2) is 0 Å². The molecule has 0 radical (unpaired) electrons. The van der Waals surface area contributed by atoms with Crippen LogP contribution in [-0.4, -0.2) is 61.1 Å². The van der Waals surface area contributed by atoms with Crippen molar-refractivity contribution in [3.63, 3.8) is 0 Å². The molecule has 2 atom stereocenters. The molecule has 0 aliphatic carbocycles. The van der Waals surface area contributed by atoms with Crippen LogP contribution in [0.4, 0.5) is 0 Å². The van der Waals surface area contributed by atoms with Crippen molar-refractivity contribution in [1.82, 2.24) is 4.90 Å². The Kier molecular flexibility index (Phi) is 6.22. The van der Waals surface area contributed by atoms with Gasteiger partial charge in [0.2, 0.25) is 5.91 Å². The molecule has 0 aromatic carbocycles. The second-order valence-electron chi connectivity index (χ2n) is 5.06. The molecule has 0 saturated carbocycles. The quantitative estimate of drug-likeness (QED) is 0.659. The fourth-order valence-electron chi connectivity index (χ4n) is 2.36. The largest absolute Gasteiger partial charge is 0.395 e. The second kappa shape index (κ2) is 7.21. The van der Waals surface area contributed by atoms with Gasteiger partial charge in [-0.3, -0.25) is 4.79 Å². The summed E-state index contributed by atoms with van der Waals surface area (Å²) in [5.74, 6) is -0.152. The molecule has 1 heterocycles. The van der Waals surface area contributed by atoms with E-state index in [0.29, 0.717) is 12.8 Å². The molecule has 19 heavy (non-hydrogen) atoms. The fraction of sp³-hybridized carbons (Fsp3) is 0.917. The monoisotopic (exact) mass is 292 g/mol. The van der Waals surface area contributed by atoms with Gasteiger partial charge in [0.25, 0.3) is 0 Å². The number of carbonyl (C=O) groups excluding carboxylic acids is 1. The Bertz CT molecular complexity index is 397. The van der Waals surface area contributed by atoms with Gasteiger partial charge in [0.1, 0.15) is 0 Å². The van der Waals surface area contributed by atoms with Gasteiger partial charge in [-0.05, 0) is 12.8 Å². The highest BCUT2D eigenvalue weighted by Crippen LogP contribution is 2.19. The molecule has 6 nitrogen and oxygen atoms in total. The number of nitrogens with zero attached hydrogens (tertiary/aromatic N) is 1. The maximum absolute atomic E-state index is 12.2. The average Bonchev–Trinajstić information content (AvgIpc) is 2.72. The summed E-state index contributed by atoms with van der Waals surface area (Å²) in [5, 5.41) is 9.05. The Balaban J connectivity index is 2.69. The SMILES string of the molecule is CCCCC(N)C(=O)N(CCO)C1CCS(=O)(=O)C1. The number of nitrogens with two attached hydrogens (primary N) is 1. The zero-order chi connectivity index (χ0) is 14.5. The van der Waals surface area contributed by atoms with Crippen molar-refractivity contribution in [2.24, 2.45) is 5.73 Å². The molecule has 0 bridgehead atoms. The molecule has 1 amide bonds. The van der Waals surface area contributed by atoms with Crippen LogP contribution in [-0.2, 0) is 14.6 Å². The van der Waals surface area contributed by atoms with Gasteiger partial charge >= 0.3 is 0 Å². The predicted molar refractivity (Wildman–Crippen MR) is 73.4 cm³/mol. The van der Waals surface area contributed by atoms with E-state index in [4.69, 9.17) is 10.8 Å². The van der Waals surface area contributed by atoms with Gasteiger partial charge in [0.05, 0.1) is 24.2 Å². The Labute approximate surface area is 114 Å². The molecule has 3 N–H and O–H groups in total. The highest BCUT2D eigenvalue weighted by molar-refractivity contribution is 7.91. The Morgan fingerprint density at radius 2 is 2.21 bits per heavy atom. The number of rotatable bonds is 7. The maximum atomic E-state index is 12.2. The van der Waals surface area contributed by atoms with Crippen molar-refractivity contribution < 1.29 is 18.3 Å². The predicted octanol–water partition coefficient (Wildman–Crippen LogP) is -0.488. The molecule has 1 aliphatic rings. The van der Waals surface area contributed by atoms with Crippen molar-refractivity contribution >= 4 is 15.7 Å². The van der Waals surface area contributed by atoms with Crippen LogP contribution >= 0.6 is 0 Å². The zero-order valence-corrected chi connectivity index (χ0v) is 12.2. The van der Waals surface area contributed by atoms with Crippen LogP contribution in [0.2, 0.25) is 0 Å². The zero-order valence-electron chi connectivity index (χ0n) is 11.4. The third kappa shape index (κ3) is 4.74. The normalized spacial score (nSPS) is 23.2. The molecule has 0 aromatic rings. The van der Waals surface area contributed by atoms with Crippen LogP contribution in [0.1, 0.15) is 32.6 Å². The first-order valence-electron chi connectivity index (χ1n) is 6.78. The van der Waals surface area contributed by atoms with E-state index < -0.39 is 15.9 Å². The lowest BCUT2D eigenvalue weighted by Crippen LogP contribution is -2.50. The smallest absolute Gasteiger partial charge is 0.239 e. The summed E-state index contributed by atoms with van der Waals surface area (Å²) in [4.78, 5) is 13.7. The van der Waals surface area contributed by atoms with E-state index in [1.54, 1.807) is 0 Å². The maximum Gasteiger partial charge on any atom is 0.239 e. The lowest BCUT2D eigenvalue weighted by molar-refractivity contribution is -0.135. The van der Waals surface area contributed by atoms with E-state index in [1.807, 2.05) is 6.92 Å². The Morgan fingerprint density at radius 1 is 1.53 bits per heavy atom. The molecule has 112 valence electrons. The van der Waals surface area contributed by atoms with Crippen molar-refractivity contribution in [2.45, 2.75) is 44.7 Å². The molecular formula is C12H24N2O4S. The molecule has 1 fully saturated rings. The lowest BCUT2D eigenvalue weighted by Gasteiger charge is -2.30. The van der Waals surface area contributed by atoms with E-state index in [1.165, 1.54) is 4.90 Å². The van der Waals surface area contributed by atoms with Crippen molar-refractivity contribution in [3.05, 3.63) is 0 Å². The molecule has 1 saturated heterocycles. The van der Waals surface area contributed by atoms with Gasteiger partial charge in [-0.2, -0.15) is 0 Å². The number of sulfone groups is 1. The third-order valence-electron chi connectivity index (χ3n) is 3.46. The highest BCUT2D eigenvalue weighted by Gasteiger charge is 2.35. The topological polar surface area (TPSA) is 101 Å². The highest BCUT2D eigenvalue weighted by atomic mass is 32.2. The Hall–Kier alpha value is -0.660. The van der Waals surface area contributed by atoms with E-state index in [9.17, 15) is 13.2 Å². The molecule has 2 unspecified atom stereocenters. The van der Waals surface area contributed by atoms with Crippen molar-refractivity contribution in [3.8, 4) is 0 Å². The molecule has 0 spiro atoms. The number of hydrogen-bond acceptors (Lipinski definition) is 5. The number of hydrogen-bond donors (Lipinski definition) is 2. The van der Waals surface area contributed by atoms with Crippen LogP contribution in [0.3, 0.4) is 0 Å². The summed E-state index contributed by atoms with van der Waals surface area (Å²) in [6, 6.07) is -0.938. The minimum atomic E-state index is -3.05. The summed E-state index contributed by atoms with van der Waals surface area (Å²) in [7, 11) is -3.05. The number of aliphatic hydroxyl groups excluding tert-OH is 1. The van der Waals surface area contributed by atoms with Crippen LogP contribution < -0.4 is 5.73 Å². The lowest BCUT2D eigenvalue weighted by atomic mass is 10.1. The number of unbranched alkanes of at least 4 members (excludes halogenated alkanes) is 1. The van der Waals surface area contributed by atoms with Crippen LogP contribution in [0.25, 0.3) is 0 Å². The summed E-state index contributed by atoms with van der Waals surface area (Å²) in [6.45, 7) is 1.99. The number of amides is 1. The van der Waals surface area contributed by atoms with Gasteiger partial charge in [-0.25, -0.2) is 8.42 Å². The number of aliphatic hydroxyl groups is 1. The molecular weight excluding hydrogens is 268 g/mol. The molecule has 7 heteroatoms. The first kappa shape index (κ1) is 16.4. The number of carbonyl (C=O) groups is 1. The first-order chi connectivity index (χ1) is 8.91. The third-order valence-corrected chi connectivity index (χ3v) is 5.21. The van der Waals surface area contributed by atoms with E-state index >= 15 is 0 Å². The average molecular weight is 292 g/mol. The van der Waals surface area contributed by atoms with Gasteiger partial charge in [0, 0.05) is 12.6 Å². The standard InChI is InChI=1S/C12H24N2O4S/c1-2-3-4-11(13)12(16)14(6-7-15)10-5-8-19(17,18)9-10/h10-11,15H,2-9,13H2,1H3. The molecule has 1 rings (SSSR count). The van der Waals surface area contributed by atoms with Crippen LogP contribution in [0, 0.1) is 0 Å². The minimum Gasteiger partial charge on any atom is -0.395 e. The van der Waals surface area contributed by atoms with Gasteiger partial charge < -0.3 is 15.7 Å². The van der Waals surface area contributed by atoms with Gasteiger partial charge in [0.15, 0.2) is 9.84 Å². The van der Waals surface area contributed by atoms with Crippen LogP contribution in [0.5, 0.6) is 0 Å². The second-order valence-corrected chi connectivity index (χ2v) is 7.29. The molecule has 0 aromatic heterocycles. The summed E-state index contributed by atoms with van der Waals surface area (Å²) in [6.07, 6.45) is 2.85. The first-order valence-corrected chi connectivity index (χ1v) is 8.60. The minimum absolute atomic E-state index is 0.0146. The van der Waals surface area contributed by atoms with Crippen molar-refractivity contribution in [1.29, 1.82) is 0 Å². The Morgan fingerprint density at radius 3 is 2.68 bits per heavy atom. The van der Waals surface area contributed by atoms with Gasteiger partial charge in [-0.1, -0.05) is 19.8 Å². The summed E-state index contributed by atoms with van der Waals surface area (Å²) >= 11 is 0. The van der Waals surface area contributed by atoms with Gasteiger partial charge in [-0.15, -0.1) is 0 Å². The van der Waals surface area contributed by atoms with E-state index in [-0.39, 0.29) is 36.6 Å². The summed E-state index contributed by atoms with van der Waals surface area (Å²) < 4.78 is 23.0. The van der Waals surface area contributed by atoms with E-state index in [0.717, 1.165) is 12.8 Å².